The number of benzene rings is 2. The van der Waals surface area contributed by atoms with Crippen molar-refractivity contribution in [3.05, 3.63) is 65.7 Å². The molecule has 2 aromatic rings. The molecule has 6 amide bonds. The van der Waals surface area contributed by atoms with Crippen LogP contribution in [0.25, 0.3) is 0 Å². The van der Waals surface area contributed by atoms with Gasteiger partial charge in [0.15, 0.2) is 6.04 Å². The van der Waals surface area contributed by atoms with Gasteiger partial charge in [-0.1, -0.05) is 56.3 Å². The highest BCUT2D eigenvalue weighted by atomic mass is 32.2. The summed E-state index contributed by atoms with van der Waals surface area (Å²) in [5.74, 6) is -5.18. The number of hydrogen-bond acceptors (Lipinski definition) is 12. The van der Waals surface area contributed by atoms with Crippen LogP contribution in [0, 0.1) is 5.92 Å². The van der Waals surface area contributed by atoms with E-state index in [1.54, 1.807) is 74.7 Å². The number of methoxy groups -OCH3 is 1. The molecule has 11 N–H and O–H groups in total. The lowest BCUT2D eigenvalue weighted by molar-refractivity contribution is -0.145. The average Bonchev–Trinajstić information content (AvgIpc) is 3.19. The molecule has 0 aromatic heterocycles. The Morgan fingerprint density at radius 1 is 0.683 bits per heavy atom. The summed E-state index contributed by atoms with van der Waals surface area (Å²) >= 11 is 1.38. The summed E-state index contributed by atoms with van der Waals surface area (Å²) in [7, 11) is 1.52. The number of hydrogen-bond donors (Lipinski definition) is 10. The van der Waals surface area contributed by atoms with Crippen molar-refractivity contribution in [1.82, 2.24) is 31.9 Å². The van der Waals surface area contributed by atoms with Crippen LogP contribution >= 0.6 is 11.8 Å². The molecule has 0 aliphatic heterocycles. The second-order valence-corrected chi connectivity index (χ2v) is 15.9. The number of carboxylic acid groups (broad SMARTS) is 1. The Kier molecular flexibility index (Phi) is 21.5. The van der Waals surface area contributed by atoms with Crippen LogP contribution in [0.5, 0.6) is 5.75 Å². The molecule has 0 radical (unpaired) electrons. The van der Waals surface area contributed by atoms with Crippen molar-refractivity contribution in [1.29, 1.82) is 0 Å². The number of aliphatic carboxylic acids is 1. The highest BCUT2D eigenvalue weighted by Gasteiger charge is 2.34. The van der Waals surface area contributed by atoms with Crippen LogP contribution in [0.15, 0.2) is 54.6 Å². The third kappa shape index (κ3) is 17.2. The predicted octanol–water partition coefficient (Wildman–Crippen LogP) is -0.618. The molecule has 18 nitrogen and oxygen atoms in total. The third-order valence-electron chi connectivity index (χ3n) is 9.44. The fraction of sp³-hybridized carbons (Fsp3) is 0.537. The number of aliphatic hydroxyl groups excluding tert-OH is 2. The van der Waals surface area contributed by atoms with Crippen LogP contribution in [0.1, 0.15) is 58.6 Å². The molecule has 19 heteroatoms. The van der Waals surface area contributed by atoms with E-state index in [1.165, 1.54) is 39.6 Å². The number of rotatable bonds is 25. The van der Waals surface area contributed by atoms with E-state index in [-0.39, 0.29) is 19.3 Å². The molecule has 2 aromatic carbocycles. The SMILES string of the molecule is COc1ccc(C[C@H](NC(=O)[C@H](C)N)C(=O)N[C@H](C(=O)N[C@@H](Cc2ccccc2)[C@@H](O)CC(=O)N[C@@H](C)C(=O)N[C@@H](CCSC)C(=O)N[C@H](C(=O)O)[C@@H](C)O)C(C)C)cc1. The molecule has 0 spiro atoms. The van der Waals surface area contributed by atoms with Crippen molar-refractivity contribution in [3.8, 4) is 5.75 Å². The van der Waals surface area contributed by atoms with E-state index >= 15 is 0 Å². The summed E-state index contributed by atoms with van der Waals surface area (Å²) in [6, 6.07) is 7.52. The zero-order valence-electron chi connectivity index (χ0n) is 35.1. The first kappa shape index (κ1) is 50.9. The average molecular weight is 860 g/mol. The lowest BCUT2D eigenvalue weighted by Crippen LogP contribution is -2.59. The van der Waals surface area contributed by atoms with Gasteiger partial charge in [0.05, 0.1) is 37.8 Å². The van der Waals surface area contributed by atoms with Crippen LogP contribution in [-0.4, -0.2) is 130 Å². The summed E-state index contributed by atoms with van der Waals surface area (Å²) < 4.78 is 5.21. The zero-order chi connectivity index (χ0) is 45.1. The number of amides is 6. The van der Waals surface area contributed by atoms with E-state index < -0.39 is 108 Å². The number of aliphatic hydroxyl groups is 2. The summed E-state index contributed by atoms with van der Waals surface area (Å²) in [4.78, 5) is 91.2. The predicted molar refractivity (Wildman–Crippen MR) is 226 cm³/mol. The second-order valence-electron chi connectivity index (χ2n) is 14.9. The Morgan fingerprint density at radius 3 is 1.78 bits per heavy atom. The Labute approximate surface area is 354 Å². The second kappa shape index (κ2) is 25.4. The van der Waals surface area contributed by atoms with E-state index in [2.05, 4.69) is 31.9 Å². The van der Waals surface area contributed by atoms with Gasteiger partial charge in [-0.25, -0.2) is 4.79 Å². The van der Waals surface area contributed by atoms with E-state index in [1.807, 2.05) is 0 Å². The molecular weight excluding hydrogens is 799 g/mol. The van der Waals surface area contributed by atoms with Gasteiger partial charge in [0.1, 0.15) is 29.9 Å². The maximum atomic E-state index is 13.9. The van der Waals surface area contributed by atoms with Gasteiger partial charge in [0.2, 0.25) is 35.4 Å². The maximum absolute atomic E-state index is 13.9. The normalized spacial score (nSPS) is 15.7. The summed E-state index contributed by atoms with van der Waals surface area (Å²) in [5.41, 5.74) is 7.19. The minimum Gasteiger partial charge on any atom is -0.497 e. The highest BCUT2D eigenvalue weighted by Crippen LogP contribution is 2.15. The Morgan fingerprint density at radius 2 is 1.25 bits per heavy atom. The molecule has 0 saturated carbocycles. The largest absolute Gasteiger partial charge is 0.497 e. The number of nitrogens with one attached hydrogen (secondary N) is 6. The van der Waals surface area contributed by atoms with Gasteiger partial charge in [-0.3, -0.25) is 28.8 Å². The molecule has 0 heterocycles. The fourth-order valence-corrected chi connectivity index (χ4v) is 6.34. The minimum absolute atomic E-state index is 0.0709. The fourth-order valence-electron chi connectivity index (χ4n) is 5.86. The Hall–Kier alpha value is -5.24. The molecular formula is C41H61N7O11S. The first-order valence-corrected chi connectivity index (χ1v) is 21.0. The summed E-state index contributed by atoms with van der Waals surface area (Å²) in [5, 5.41) is 46.0. The van der Waals surface area contributed by atoms with Gasteiger partial charge in [-0.05, 0) is 74.8 Å². The Bertz CT molecular complexity index is 1730. The molecule has 0 aliphatic carbocycles. The van der Waals surface area contributed by atoms with Gasteiger partial charge >= 0.3 is 5.97 Å². The van der Waals surface area contributed by atoms with E-state index in [4.69, 9.17) is 10.5 Å². The summed E-state index contributed by atoms with van der Waals surface area (Å²) in [6.07, 6.45) is -1.42. The van der Waals surface area contributed by atoms with Gasteiger partial charge in [0.25, 0.3) is 0 Å². The minimum atomic E-state index is -1.61. The van der Waals surface area contributed by atoms with Crippen molar-refractivity contribution in [3.63, 3.8) is 0 Å². The van der Waals surface area contributed by atoms with Crippen molar-refractivity contribution in [2.75, 3.05) is 19.1 Å². The number of carbonyl (C=O) groups excluding carboxylic acids is 6. The standard InChI is InChI=1S/C41H61N7O11S/c1-22(2)34(47-39(55)31(46-36(52)23(3)42)20-27-13-15-28(59-6)16-14-27)40(56)45-30(19-26-11-9-8-10-12-26)32(50)21-33(51)43-24(4)37(53)44-29(17-18-60-7)38(54)48-35(25(5)49)41(57)58/h8-16,22-25,29-32,34-35,49-50H,17-21,42H2,1-7H3,(H,43,51)(H,44,53)(H,45,56)(H,46,52)(H,47,55)(H,48,54)(H,57,58)/t23-,24-,25+,29-,30-,31-,32-,34-,35-/m0/s1. The number of ether oxygens (including phenoxy) is 1. The smallest absolute Gasteiger partial charge is 0.328 e. The molecule has 0 fully saturated rings. The monoisotopic (exact) mass is 859 g/mol. The van der Waals surface area contributed by atoms with Crippen molar-refractivity contribution < 1.29 is 53.6 Å². The number of carboxylic acids is 1. The van der Waals surface area contributed by atoms with Crippen molar-refractivity contribution >= 4 is 53.2 Å². The first-order valence-electron chi connectivity index (χ1n) is 19.6. The molecule has 60 heavy (non-hydrogen) atoms. The molecule has 0 unspecified atom stereocenters. The summed E-state index contributed by atoms with van der Waals surface area (Å²) in [6.45, 7) is 7.45. The lowest BCUT2D eigenvalue weighted by Gasteiger charge is -2.30. The number of carbonyl (C=O) groups is 7. The van der Waals surface area contributed by atoms with Gasteiger partial charge in [-0.2, -0.15) is 11.8 Å². The quantitative estimate of drug-likeness (QED) is 0.0597. The van der Waals surface area contributed by atoms with E-state index in [0.717, 1.165) is 0 Å². The third-order valence-corrected chi connectivity index (χ3v) is 10.1. The lowest BCUT2D eigenvalue weighted by atomic mass is 9.96. The van der Waals surface area contributed by atoms with Crippen molar-refractivity contribution in [2.45, 2.75) is 115 Å². The van der Waals surface area contributed by atoms with Gasteiger partial charge < -0.3 is 57.7 Å². The molecule has 332 valence electrons. The van der Waals surface area contributed by atoms with Gasteiger partial charge in [-0.15, -0.1) is 0 Å². The van der Waals surface area contributed by atoms with Crippen LogP contribution in [0.3, 0.4) is 0 Å². The Balaban J connectivity index is 2.23. The van der Waals surface area contributed by atoms with Crippen LogP contribution in [0.2, 0.25) is 0 Å². The van der Waals surface area contributed by atoms with E-state index in [9.17, 15) is 48.9 Å². The van der Waals surface area contributed by atoms with E-state index in [0.29, 0.717) is 22.6 Å². The molecule has 9 atom stereocenters. The van der Waals surface area contributed by atoms with Crippen LogP contribution in [0.4, 0.5) is 0 Å². The molecule has 2 rings (SSSR count). The topological polar surface area (TPSA) is 288 Å². The number of nitrogens with two attached hydrogens (primary N) is 1. The van der Waals surface area contributed by atoms with Crippen LogP contribution < -0.4 is 42.4 Å². The maximum Gasteiger partial charge on any atom is 0.328 e. The first-order chi connectivity index (χ1) is 28.3. The van der Waals surface area contributed by atoms with Crippen LogP contribution in [-0.2, 0) is 46.4 Å². The molecule has 0 aliphatic rings. The molecule has 0 bridgehead atoms. The highest BCUT2D eigenvalue weighted by molar-refractivity contribution is 7.98. The number of thioether (sulfide) groups is 1. The van der Waals surface area contributed by atoms with Gasteiger partial charge in [0, 0.05) is 6.42 Å². The molecule has 0 saturated heterocycles. The zero-order valence-corrected chi connectivity index (χ0v) is 35.9. The van der Waals surface area contributed by atoms with Crippen molar-refractivity contribution in [2.24, 2.45) is 11.7 Å².